The Bertz CT molecular complexity index is 882. The van der Waals surface area contributed by atoms with Gasteiger partial charge in [-0.15, -0.1) is 6.42 Å². The van der Waals surface area contributed by atoms with E-state index < -0.39 is 11.5 Å². The van der Waals surface area contributed by atoms with E-state index in [1.54, 1.807) is 48.5 Å². The molecule has 2 aromatic rings. The molecule has 0 aliphatic carbocycles. The minimum atomic E-state index is -1.91. The molecular weight excluding hydrogens is 330 g/mol. The number of hydrogen-bond acceptors (Lipinski definition) is 4. The number of terminal acetylenes is 1. The summed E-state index contributed by atoms with van der Waals surface area (Å²) in [4.78, 5) is 26.8. The highest BCUT2D eigenvalue weighted by Crippen LogP contribution is 2.42. The van der Waals surface area contributed by atoms with Crippen molar-refractivity contribution in [3.8, 4) is 18.1 Å². The lowest BCUT2D eigenvalue weighted by Crippen LogP contribution is -2.42. The fourth-order valence-electron chi connectivity index (χ4n) is 3.16. The highest BCUT2D eigenvalue weighted by Gasteiger charge is 2.50. The molecule has 2 aromatic carbocycles. The Kier molecular flexibility index (Phi) is 4.79. The number of fused-ring (bicyclic) bond motifs is 1. The normalized spacial score (nSPS) is 18.3. The van der Waals surface area contributed by atoms with Gasteiger partial charge in [0, 0.05) is 11.1 Å². The first kappa shape index (κ1) is 17.7. The predicted molar refractivity (Wildman–Crippen MR) is 98.1 cm³/mol. The van der Waals surface area contributed by atoms with E-state index in [-0.39, 0.29) is 18.7 Å². The van der Waals surface area contributed by atoms with Crippen LogP contribution in [0.3, 0.4) is 0 Å². The summed E-state index contributed by atoms with van der Waals surface area (Å²) in [7, 11) is 0. The molecule has 0 bridgehead atoms. The van der Waals surface area contributed by atoms with Gasteiger partial charge >= 0.3 is 0 Å². The van der Waals surface area contributed by atoms with Crippen LogP contribution in [0.15, 0.2) is 48.5 Å². The number of aliphatic hydroxyl groups is 1. The summed E-state index contributed by atoms with van der Waals surface area (Å²) in [5, 5.41) is 11.1. The maximum absolute atomic E-state index is 12.8. The highest BCUT2D eigenvalue weighted by molar-refractivity contribution is 6.11. The van der Waals surface area contributed by atoms with Crippen molar-refractivity contribution >= 4 is 17.4 Å². The van der Waals surface area contributed by atoms with E-state index in [1.165, 1.54) is 4.90 Å². The molecule has 0 spiro atoms. The van der Waals surface area contributed by atoms with Crippen LogP contribution in [-0.4, -0.2) is 29.9 Å². The van der Waals surface area contributed by atoms with Gasteiger partial charge in [0.2, 0.25) is 0 Å². The molecule has 1 heterocycles. The third-order valence-electron chi connectivity index (χ3n) is 4.39. The third kappa shape index (κ3) is 2.96. The monoisotopic (exact) mass is 349 g/mol. The number of nitrogens with zero attached hydrogens (tertiary/aromatic N) is 1. The maximum atomic E-state index is 12.8. The minimum Gasteiger partial charge on any atom is -0.494 e. The zero-order valence-corrected chi connectivity index (χ0v) is 14.4. The smallest absolute Gasteiger partial charge is 0.265 e. The summed E-state index contributed by atoms with van der Waals surface area (Å²) < 4.78 is 5.36. The minimum absolute atomic E-state index is 0.0371. The molecule has 3 rings (SSSR count). The number of carbonyl (C=O) groups is 2. The molecule has 0 aromatic heterocycles. The Balaban J connectivity index is 1.89. The number of Topliss-reactive ketones (excluding diaryl/α,β-unsaturated/α-hetero) is 1. The van der Waals surface area contributed by atoms with Gasteiger partial charge in [0.1, 0.15) is 5.75 Å². The second-order valence-electron chi connectivity index (χ2n) is 6.03. The van der Waals surface area contributed by atoms with E-state index in [2.05, 4.69) is 5.92 Å². The summed E-state index contributed by atoms with van der Waals surface area (Å²) >= 11 is 0. The Morgan fingerprint density at radius 1 is 1.23 bits per heavy atom. The first-order chi connectivity index (χ1) is 12.5. The largest absolute Gasteiger partial charge is 0.494 e. The SMILES string of the molecule is C#CCN1C(=O)[C@@](O)(CC(=O)c2ccc(OCC)cc2)c2ccccc21. The van der Waals surface area contributed by atoms with Crippen molar-refractivity contribution in [3.63, 3.8) is 0 Å². The number of para-hydroxylation sites is 1. The number of hydrogen-bond donors (Lipinski definition) is 1. The molecular formula is C21H19NO4. The molecule has 26 heavy (non-hydrogen) atoms. The van der Waals surface area contributed by atoms with Crippen molar-refractivity contribution in [2.24, 2.45) is 0 Å². The van der Waals surface area contributed by atoms with Gasteiger partial charge in [-0.2, -0.15) is 0 Å². The van der Waals surface area contributed by atoms with Gasteiger partial charge in [-0.3, -0.25) is 14.5 Å². The van der Waals surface area contributed by atoms with E-state index in [0.717, 1.165) is 0 Å². The Labute approximate surface area is 152 Å². The van der Waals surface area contributed by atoms with Crippen molar-refractivity contribution in [2.75, 3.05) is 18.1 Å². The van der Waals surface area contributed by atoms with Crippen LogP contribution in [0.1, 0.15) is 29.3 Å². The van der Waals surface area contributed by atoms with Crippen molar-refractivity contribution in [3.05, 3.63) is 59.7 Å². The summed E-state index contributed by atoms with van der Waals surface area (Å²) in [6, 6.07) is 13.5. The van der Waals surface area contributed by atoms with Crippen molar-refractivity contribution < 1.29 is 19.4 Å². The van der Waals surface area contributed by atoms with Crippen LogP contribution < -0.4 is 9.64 Å². The average Bonchev–Trinajstić information content (AvgIpc) is 2.85. The van der Waals surface area contributed by atoms with Crippen LogP contribution in [0.25, 0.3) is 0 Å². The molecule has 5 nitrogen and oxygen atoms in total. The molecule has 0 fully saturated rings. The van der Waals surface area contributed by atoms with Gasteiger partial charge in [-0.05, 0) is 37.3 Å². The lowest BCUT2D eigenvalue weighted by molar-refractivity contribution is -0.135. The average molecular weight is 349 g/mol. The number of ether oxygens (including phenoxy) is 1. The Morgan fingerprint density at radius 3 is 2.58 bits per heavy atom. The summed E-state index contributed by atoms with van der Waals surface area (Å²) in [6.45, 7) is 2.44. The number of anilines is 1. The predicted octanol–water partition coefficient (Wildman–Crippen LogP) is 2.53. The van der Waals surface area contributed by atoms with E-state index >= 15 is 0 Å². The first-order valence-corrected chi connectivity index (χ1v) is 8.34. The van der Waals surface area contributed by atoms with E-state index in [0.29, 0.717) is 29.2 Å². The second-order valence-corrected chi connectivity index (χ2v) is 6.03. The number of carbonyl (C=O) groups excluding carboxylic acids is 2. The molecule has 5 heteroatoms. The van der Waals surface area contributed by atoms with Gasteiger partial charge in [0.15, 0.2) is 11.4 Å². The van der Waals surface area contributed by atoms with E-state index in [9.17, 15) is 14.7 Å². The van der Waals surface area contributed by atoms with Gasteiger partial charge in [0.05, 0.1) is 25.3 Å². The van der Waals surface area contributed by atoms with Gasteiger partial charge in [0.25, 0.3) is 5.91 Å². The molecule has 0 saturated carbocycles. The standard InChI is InChI=1S/C21H19NO4/c1-3-13-22-18-8-6-5-7-17(18)21(25,20(22)24)14-19(23)15-9-11-16(12-10-15)26-4-2/h1,5-12,25H,4,13-14H2,2H3/t21-/m1/s1. The molecule has 1 N–H and O–H groups in total. The second kappa shape index (κ2) is 7.03. The van der Waals surface area contributed by atoms with Gasteiger partial charge < -0.3 is 9.84 Å². The van der Waals surface area contributed by atoms with Crippen LogP contribution >= 0.6 is 0 Å². The Morgan fingerprint density at radius 2 is 1.92 bits per heavy atom. The third-order valence-corrected chi connectivity index (χ3v) is 4.39. The lowest BCUT2D eigenvalue weighted by atomic mass is 9.88. The first-order valence-electron chi connectivity index (χ1n) is 8.34. The Hall–Kier alpha value is -3.10. The van der Waals surface area contributed by atoms with Crippen LogP contribution in [0.2, 0.25) is 0 Å². The molecule has 132 valence electrons. The zero-order chi connectivity index (χ0) is 18.7. The number of benzene rings is 2. The summed E-state index contributed by atoms with van der Waals surface area (Å²) in [5.41, 5.74) is -0.567. The number of ketones is 1. The quantitative estimate of drug-likeness (QED) is 0.643. The summed E-state index contributed by atoms with van der Waals surface area (Å²) in [5.74, 6) is 2.17. The lowest BCUT2D eigenvalue weighted by Gasteiger charge is -2.21. The highest BCUT2D eigenvalue weighted by atomic mass is 16.5. The molecule has 0 saturated heterocycles. The van der Waals surface area contributed by atoms with Gasteiger partial charge in [-0.1, -0.05) is 24.1 Å². The summed E-state index contributed by atoms with van der Waals surface area (Å²) in [6.07, 6.45) is 4.99. The van der Waals surface area contributed by atoms with E-state index in [1.807, 2.05) is 6.92 Å². The van der Waals surface area contributed by atoms with Crippen molar-refractivity contribution in [1.29, 1.82) is 0 Å². The zero-order valence-electron chi connectivity index (χ0n) is 14.4. The van der Waals surface area contributed by atoms with Crippen LogP contribution in [-0.2, 0) is 10.4 Å². The molecule has 0 radical (unpaired) electrons. The van der Waals surface area contributed by atoms with Crippen LogP contribution in [0.5, 0.6) is 5.75 Å². The van der Waals surface area contributed by atoms with Crippen LogP contribution in [0.4, 0.5) is 5.69 Å². The molecule has 1 aliphatic rings. The molecule has 0 unspecified atom stereocenters. The molecule has 1 amide bonds. The topological polar surface area (TPSA) is 66.8 Å². The number of rotatable bonds is 6. The fraction of sp³-hybridized carbons (Fsp3) is 0.238. The molecule has 1 aliphatic heterocycles. The fourth-order valence-corrected chi connectivity index (χ4v) is 3.16. The van der Waals surface area contributed by atoms with Crippen LogP contribution in [0, 0.1) is 12.3 Å². The maximum Gasteiger partial charge on any atom is 0.265 e. The van der Waals surface area contributed by atoms with Gasteiger partial charge in [-0.25, -0.2) is 0 Å². The number of amides is 1. The van der Waals surface area contributed by atoms with Crippen molar-refractivity contribution in [2.45, 2.75) is 18.9 Å². The van der Waals surface area contributed by atoms with Crippen molar-refractivity contribution in [1.82, 2.24) is 0 Å². The van der Waals surface area contributed by atoms with E-state index in [4.69, 9.17) is 11.2 Å². The molecule has 1 atom stereocenters.